The number of rotatable bonds is 7. The first kappa shape index (κ1) is 16.9. The van der Waals surface area contributed by atoms with Gasteiger partial charge in [-0.3, -0.25) is 9.59 Å². The van der Waals surface area contributed by atoms with E-state index in [0.717, 1.165) is 12.8 Å². The number of aliphatic hydroxyl groups excluding tert-OH is 1. The second-order valence-corrected chi connectivity index (χ2v) is 5.17. The highest BCUT2D eigenvalue weighted by atomic mass is 16.3. The smallest absolute Gasteiger partial charge is 0.274 e. The van der Waals surface area contributed by atoms with Crippen LogP contribution in [0.5, 0.6) is 0 Å². The fraction of sp³-hybridized carbons (Fsp3) is 0.353. The van der Waals surface area contributed by atoms with E-state index in [0.29, 0.717) is 12.2 Å². The number of benzene rings is 1. The lowest BCUT2D eigenvalue weighted by Crippen LogP contribution is -2.36. The van der Waals surface area contributed by atoms with Crippen LogP contribution < -0.4 is 5.56 Å². The molecule has 2 rings (SSSR count). The van der Waals surface area contributed by atoms with Crippen molar-refractivity contribution in [2.45, 2.75) is 19.8 Å². The van der Waals surface area contributed by atoms with Crippen LogP contribution in [0.1, 0.15) is 30.3 Å². The summed E-state index contributed by atoms with van der Waals surface area (Å²) in [6.07, 6.45) is 1.80. The minimum absolute atomic E-state index is 0.103. The molecule has 6 nitrogen and oxygen atoms in total. The summed E-state index contributed by atoms with van der Waals surface area (Å²) in [5.41, 5.74) is 0.502. The highest BCUT2D eigenvalue weighted by molar-refractivity contribution is 5.92. The molecule has 0 aliphatic carbocycles. The third-order valence-corrected chi connectivity index (χ3v) is 3.46. The van der Waals surface area contributed by atoms with E-state index in [4.69, 9.17) is 5.11 Å². The van der Waals surface area contributed by atoms with E-state index in [9.17, 15) is 9.59 Å². The minimum atomic E-state index is -0.296. The first-order valence-corrected chi connectivity index (χ1v) is 7.73. The van der Waals surface area contributed by atoms with Gasteiger partial charge in [0.15, 0.2) is 0 Å². The van der Waals surface area contributed by atoms with Crippen LogP contribution in [0.25, 0.3) is 5.69 Å². The molecule has 0 unspecified atom stereocenters. The van der Waals surface area contributed by atoms with Crippen LogP contribution in [0.3, 0.4) is 0 Å². The Morgan fingerprint density at radius 2 is 1.91 bits per heavy atom. The average Bonchev–Trinajstić information content (AvgIpc) is 2.59. The highest BCUT2D eigenvalue weighted by Crippen LogP contribution is 2.06. The lowest BCUT2D eigenvalue weighted by Gasteiger charge is -2.21. The molecule has 0 radical (unpaired) electrons. The molecule has 2 aromatic rings. The van der Waals surface area contributed by atoms with Gasteiger partial charge in [-0.05, 0) is 24.6 Å². The SMILES string of the molecule is CCCCN(CCO)C(=O)c1ccc(=O)n(-c2ccccc2)n1. The van der Waals surface area contributed by atoms with E-state index in [1.165, 1.54) is 16.8 Å². The van der Waals surface area contributed by atoms with Crippen LogP contribution in [-0.2, 0) is 0 Å². The zero-order chi connectivity index (χ0) is 16.7. The van der Waals surface area contributed by atoms with E-state index in [1.54, 1.807) is 29.2 Å². The third-order valence-electron chi connectivity index (χ3n) is 3.46. The number of carbonyl (C=O) groups is 1. The zero-order valence-electron chi connectivity index (χ0n) is 13.2. The summed E-state index contributed by atoms with van der Waals surface area (Å²) < 4.78 is 1.21. The maximum absolute atomic E-state index is 12.6. The number of hydrogen-bond acceptors (Lipinski definition) is 4. The Bertz CT molecular complexity index is 698. The van der Waals surface area contributed by atoms with Gasteiger partial charge in [-0.15, -0.1) is 0 Å². The van der Waals surface area contributed by atoms with Crippen molar-refractivity contribution in [3.05, 3.63) is 58.5 Å². The molecule has 1 amide bonds. The summed E-state index contributed by atoms with van der Waals surface area (Å²) in [5.74, 6) is -0.280. The number of aliphatic hydroxyl groups is 1. The topological polar surface area (TPSA) is 75.4 Å². The fourth-order valence-corrected chi connectivity index (χ4v) is 2.23. The summed E-state index contributed by atoms with van der Waals surface area (Å²) in [5, 5.41) is 13.3. The second kappa shape index (κ2) is 8.24. The molecule has 1 aromatic heterocycles. The molecule has 122 valence electrons. The molecule has 0 atom stereocenters. The Kier molecular flexibility index (Phi) is 6.05. The van der Waals surface area contributed by atoms with Crippen molar-refractivity contribution in [2.24, 2.45) is 0 Å². The molecular formula is C17H21N3O3. The van der Waals surface area contributed by atoms with E-state index in [2.05, 4.69) is 5.10 Å². The predicted octanol–water partition coefficient (Wildman–Crippen LogP) is 1.47. The molecule has 0 spiro atoms. The highest BCUT2D eigenvalue weighted by Gasteiger charge is 2.17. The molecule has 0 saturated heterocycles. The number of unbranched alkanes of at least 4 members (excludes halogenated alkanes) is 1. The van der Waals surface area contributed by atoms with Gasteiger partial charge in [0, 0.05) is 19.2 Å². The Morgan fingerprint density at radius 1 is 1.17 bits per heavy atom. The van der Waals surface area contributed by atoms with Crippen molar-refractivity contribution >= 4 is 5.91 Å². The van der Waals surface area contributed by atoms with Gasteiger partial charge in [0.1, 0.15) is 5.69 Å². The Morgan fingerprint density at radius 3 is 2.57 bits per heavy atom. The number of amides is 1. The van der Waals surface area contributed by atoms with Gasteiger partial charge in [0.05, 0.1) is 12.3 Å². The van der Waals surface area contributed by atoms with Gasteiger partial charge >= 0.3 is 0 Å². The number of aromatic nitrogens is 2. The molecule has 0 aliphatic heterocycles. The van der Waals surface area contributed by atoms with E-state index < -0.39 is 0 Å². The number of hydrogen-bond donors (Lipinski definition) is 1. The number of carbonyl (C=O) groups excluding carboxylic acids is 1. The van der Waals surface area contributed by atoms with Crippen molar-refractivity contribution in [3.8, 4) is 5.69 Å². The second-order valence-electron chi connectivity index (χ2n) is 5.17. The lowest BCUT2D eigenvalue weighted by atomic mass is 10.2. The largest absolute Gasteiger partial charge is 0.395 e. The molecule has 23 heavy (non-hydrogen) atoms. The van der Waals surface area contributed by atoms with Gasteiger partial charge in [0.25, 0.3) is 11.5 Å². The average molecular weight is 315 g/mol. The monoisotopic (exact) mass is 315 g/mol. The Balaban J connectivity index is 2.32. The summed E-state index contributed by atoms with van der Waals surface area (Å²) in [6.45, 7) is 2.75. The van der Waals surface area contributed by atoms with E-state index >= 15 is 0 Å². The first-order valence-electron chi connectivity index (χ1n) is 7.73. The molecule has 0 aliphatic rings. The normalized spacial score (nSPS) is 10.5. The lowest BCUT2D eigenvalue weighted by molar-refractivity contribution is 0.0711. The van der Waals surface area contributed by atoms with E-state index in [-0.39, 0.29) is 30.3 Å². The van der Waals surface area contributed by atoms with Crippen LogP contribution in [0.4, 0.5) is 0 Å². The molecule has 6 heteroatoms. The maximum atomic E-state index is 12.6. The van der Waals surface area contributed by atoms with Crippen molar-refractivity contribution in [2.75, 3.05) is 19.7 Å². The summed E-state index contributed by atoms with van der Waals surface area (Å²) in [4.78, 5) is 26.1. The molecule has 1 aromatic carbocycles. The van der Waals surface area contributed by atoms with Gasteiger partial charge < -0.3 is 10.0 Å². The number of para-hydroxylation sites is 1. The van der Waals surface area contributed by atoms with Gasteiger partial charge in [-0.1, -0.05) is 31.5 Å². The standard InChI is InChI=1S/C17H21N3O3/c1-2-3-11-19(12-13-21)17(23)15-9-10-16(22)20(18-15)14-7-5-4-6-8-14/h4-10,21H,2-3,11-13H2,1H3. The van der Waals surface area contributed by atoms with Gasteiger partial charge in [-0.25, -0.2) is 0 Å². The first-order chi connectivity index (χ1) is 11.2. The molecule has 0 fully saturated rings. The third kappa shape index (κ3) is 4.26. The number of nitrogens with zero attached hydrogens (tertiary/aromatic N) is 3. The van der Waals surface area contributed by atoms with Crippen LogP contribution in [0.2, 0.25) is 0 Å². The molecule has 0 saturated carbocycles. The molecule has 1 heterocycles. The van der Waals surface area contributed by atoms with Crippen LogP contribution in [0, 0.1) is 0 Å². The van der Waals surface area contributed by atoms with Crippen LogP contribution in [-0.4, -0.2) is 45.4 Å². The minimum Gasteiger partial charge on any atom is -0.395 e. The molecule has 1 N–H and O–H groups in total. The molecular weight excluding hydrogens is 294 g/mol. The van der Waals surface area contributed by atoms with Crippen molar-refractivity contribution in [3.63, 3.8) is 0 Å². The quantitative estimate of drug-likeness (QED) is 0.839. The van der Waals surface area contributed by atoms with Crippen molar-refractivity contribution in [1.29, 1.82) is 0 Å². The van der Waals surface area contributed by atoms with Crippen LogP contribution >= 0.6 is 0 Å². The summed E-state index contributed by atoms with van der Waals surface area (Å²) in [7, 11) is 0. The van der Waals surface area contributed by atoms with Gasteiger partial charge in [-0.2, -0.15) is 9.78 Å². The maximum Gasteiger partial charge on any atom is 0.274 e. The van der Waals surface area contributed by atoms with Gasteiger partial charge in [0.2, 0.25) is 0 Å². The van der Waals surface area contributed by atoms with E-state index in [1.807, 2.05) is 13.0 Å². The zero-order valence-corrected chi connectivity index (χ0v) is 13.2. The Labute approximate surface area is 135 Å². The summed E-state index contributed by atoms with van der Waals surface area (Å²) in [6, 6.07) is 11.7. The van der Waals surface area contributed by atoms with Crippen molar-refractivity contribution in [1.82, 2.24) is 14.7 Å². The summed E-state index contributed by atoms with van der Waals surface area (Å²) >= 11 is 0. The molecule has 0 bridgehead atoms. The van der Waals surface area contributed by atoms with Crippen molar-refractivity contribution < 1.29 is 9.90 Å². The van der Waals surface area contributed by atoms with Crippen LogP contribution in [0.15, 0.2) is 47.3 Å². The fourth-order valence-electron chi connectivity index (χ4n) is 2.23. The Hall–Kier alpha value is -2.47. The predicted molar refractivity (Wildman–Crippen MR) is 87.7 cm³/mol.